The van der Waals surface area contributed by atoms with Gasteiger partial charge in [0.25, 0.3) is 0 Å². The van der Waals surface area contributed by atoms with Crippen LogP contribution in [-0.2, 0) is 25.5 Å². The number of aromatic amines is 1. The molecule has 0 bridgehead atoms. The standard InChI is InChI=1S/C39H52N2O7/c1-20-14-32(47-36(45)26(20)19-42)21(2)27-7-8-28-25-16-34-39(48-34)35(44)31(17-33(43)38(39,4)29(25)10-12-37(27,28)3)40-13-11-22-18-41-30-9-6-23(46-5)15-24(22)30/h6,9,15,18,21,25,27-29,31-32,34-35,40-42,44H,7-8,10-14,16-17,19H2,1-5H3/t21-,25-,27+,28-,29-,31?,32+,34+,35-,37+,38-,39-/m0/s1. The van der Waals surface area contributed by atoms with Gasteiger partial charge in [-0.3, -0.25) is 4.79 Å². The number of Topliss-reactive ketones (excluding diaryl/α,β-unsaturated/α-hetero) is 1. The zero-order valence-electron chi connectivity index (χ0n) is 29.0. The third-order valence-corrected chi connectivity index (χ3v) is 14.8. The first-order chi connectivity index (χ1) is 23.0. The van der Waals surface area contributed by atoms with Crippen LogP contribution in [0.1, 0.15) is 78.2 Å². The predicted molar refractivity (Wildman–Crippen MR) is 180 cm³/mol. The number of cyclic esters (lactones) is 1. The van der Waals surface area contributed by atoms with E-state index in [-0.39, 0.29) is 53.9 Å². The Bertz CT molecular complexity index is 1670. The molecular formula is C39H52N2O7. The maximum Gasteiger partial charge on any atom is 0.336 e. The number of aromatic nitrogens is 1. The number of epoxide rings is 1. The molecule has 2 aliphatic heterocycles. The minimum atomic E-state index is -0.807. The van der Waals surface area contributed by atoms with Gasteiger partial charge >= 0.3 is 5.97 Å². The van der Waals surface area contributed by atoms with Gasteiger partial charge in [-0.2, -0.15) is 0 Å². The first-order valence-corrected chi connectivity index (χ1v) is 18.2. The van der Waals surface area contributed by atoms with Crippen LogP contribution < -0.4 is 10.1 Å². The van der Waals surface area contributed by atoms with E-state index in [9.17, 15) is 19.8 Å². The number of ketones is 1. The second kappa shape index (κ2) is 11.4. The van der Waals surface area contributed by atoms with Crippen molar-refractivity contribution >= 4 is 22.7 Å². The number of aliphatic hydroxyl groups is 2. The number of rotatable bonds is 8. The smallest absolute Gasteiger partial charge is 0.336 e. The summed E-state index contributed by atoms with van der Waals surface area (Å²) in [6.07, 6.45) is 7.87. The Labute approximate surface area is 283 Å². The average molecular weight is 661 g/mol. The number of aliphatic hydroxyl groups excluding tert-OH is 2. The van der Waals surface area contributed by atoms with Crippen LogP contribution in [0.2, 0.25) is 0 Å². The molecule has 48 heavy (non-hydrogen) atoms. The molecule has 1 aromatic heterocycles. The normalized spacial score (nSPS) is 42.5. The van der Waals surface area contributed by atoms with E-state index >= 15 is 0 Å². The van der Waals surface area contributed by atoms with Crippen molar-refractivity contribution in [3.8, 4) is 5.75 Å². The van der Waals surface area contributed by atoms with Crippen molar-refractivity contribution in [1.82, 2.24) is 10.3 Å². The van der Waals surface area contributed by atoms with Gasteiger partial charge in [0.05, 0.1) is 30.8 Å². The second-order valence-electron chi connectivity index (χ2n) is 16.5. The zero-order chi connectivity index (χ0) is 33.7. The summed E-state index contributed by atoms with van der Waals surface area (Å²) in [7, 11) is 1.67. The number of carbonyl (C=O) groups is 2. The van der Waals surface area contributed by atoms with Crippen LogP contribution in [0.4, 0.5) is 0 Å². The van der Waals surface area contributed by atoms with Gasteiger partial charge in [-0.1, -0.05) is 19.4 Å². The van der Waals surface area contributed by atoms with Gasteiger partial charge in [0.15, 0.2) is 0 Å². The van der Waals surface area contributed by atoms with E-state index in [1.54, 1.807) is 7.11 Å². The Hall–Kier alpha value is -2.72. The highest BCUT2D eigenvalue weighted by Gasteiger charge is 2.82. The van der Waals surface area contributed by atoms with E-state index in [4.69, 9.17) is 14.2 Å². The van der Waals surface area contributed by atoms with Crippen LogP contribution in [-0.4, -0.2) is 77.2 Å². The van der Waals surface area contributed by atoms with Gasteiger partial charge in [0.2, 0.25) is 0 Å². The van der Waals surface area contributed by atoms with Gasteiger partial charge in [-0.25, -0.2) is 4.79 Å². The minimum Gasteiger partial charge on any atom is -0.497 e. The van der Waals surface area contributed by atoms with Gasteiger partial charge < -0.3 is 34.7 Å². The summed E-state index contributed by atoms with van der Waals surface area (Å²) in [6, 6.07) is 5.68. The average Bonchev–Trinajstić information content (AvgIpc) is 3.51. The first kappa shape index (κ1) is 32.5. The topological polar surface area (TPSA) is 133 Å². The van der Waals surface area contributed by atoms with E-state index < -0.39 is 17.1 Å². The molecule has 9 heteroatoms. The monoisotopic (exact) mass is 660 g/mol. The van der Waals surface area contributed by atoms with Crippen molar-refractivity contribution in [3.63, 3.8) is 0 Å². The van der Waals surface area contributed by atoms with E-state index in [1.165, 1.54) is 5.56 Å². The number of esters is 1. The first-order valence-electron chi connectivity index (χ1n) is 18.2. The molecule has 260 valence electrons. The molecule has 12 atom stereocenters. The summed E-state index contributed by atoms with van der Waals surface area (Å²) in [6.45, 7) is 9.15. The molecule has 0 amide bonds. The molecule has 4 saturated carbocycles. The molecule has 5 fully saturated rings. The minimum absolute atomic E-state index is 0.0972. The third kappa shape index (κ3) is 4.42. The number of methoxy groups -OCH3 is 1. The number of hydrogen-bond acceptors (Lipinski definition) is 8. The van der Waals surface area contributed by atoms with Crippen molar-refractivity contribution in [1.29, 1.82) is 0 Å². The molecule has 1 unspecified atom stereocenters. The quantitative estimate of drug-likeness (QED) is 0.233. The number of H-pyrrole nitrogens is 1. The lowest BCUT2D eigenvalue weighted by atomic mass is 9.43. The van der Waals surface area contributed by atoms with Gasteiger partial charge in [0, 0.05) is 36.0 Å². The molecule has 2 aromatic rings. The molecule has 8 rings (SSSR count). The number of fused-ring (bicyclic) bond motifs is 5. The number of ether oxygens (including phenoxy) is 3. The maximum absolute atomic E-state index is 14.4. The lowest BCUT2D eigenvalue weighted by Crippen LogP contribution is -2.69. The third-order valence-electron chi connectivity index (χ3n) is 14.8. The Morgan fingerprint density at radius 2 is 1.96 bits per heavy atom. The molecular weight excluding hydrogens is 608 g/mol. The molecule has 0 radical (unpaired) electrons. The van der Waals surface area contributed by atoms with Crippen LogP contribution in [0.5, 0.6) is 5.75 Å². The number of hydrogen-bond donors (Lipinski definition) is 4. The van der Waals surface area contributed by atoms with Gasteiger partial charge in [0.1, 0.15) is 29.3 Å². The van der Waals surface area contributed by atoms with Gasteiger partial charge in [-0.05, 0) is 118 Å². The van der Waals surface area contributed by atoms with Crippen molar-refractivity contribution in [3.05, 3.63) is 41.1 Å². The molecule has 4 aliphatic carbocycles. The fourth-order valence-electron chi connectivity index (χ4n) is 12.1. The summed E-state index contributed by atoms with van der Waals surface area (Å²) in [5.74, 6) is 2.36. The SMILES string of the molecule is COc1ccc2[nH]cc(CCNC3CC(=O)[C@]4(C)[C@H]5CC[C@]6(C)[C@@H]([C@H](C)[C@H]7CC(C)=C(CO)C(=O)O7)CC[C@H]6[C@@H]5C[C@H]5O[C@]54[C@H]3O)c2c1. The lowest BCUT2D eigenvalue weighted by Gasteiger charge is -2.59. The Morgan fingerprint density at radius 3 is 2.71 bits per heavy atom. The molecule has 6 aliphatic rings. The highest BCUT2D eigenvalue weighted by Crippen LogP contribution is 2.73. The highest BCUT2D eigenvalue weighted by molar-refractivity contribution is 5.91. The van der Waals surface area contributed by atoms with Crippen molar-refractivity contribution in [2.24, 2.45) is 40.4 Å². The largest absolute Gasteiger partial charge is 0.497 e. The summed E-state index contributed by atoms with van der Waals surface area (Å²) in [5.41, 5.74) is 2.18. The molecule has 9 nitrogen and oxygen atoms in total. The van der Waals surface area contributed by atoms with Gasteiger partial charge in [-0.15, -0.1) is 0 Å². The molecule has 1 spiro atoms. The summed E-state index contributed by atoms with van der Waals surface area (Å²) >= 11 is 0. The fourth-order valence-corrected chi connectivity index (χ4v) is 12.1. The molecule has 3 heterocycles. The Balaban J connectivity index is 0.968. The van der Waals surface area contributed by atoms with Crippen LogP contribution in [0.3, 0.4) is 0 Å². The number of carbonyl (C=O) groups excluding carboxylic acids is 2. The Morgan fingerprint density at radius 1 is 1.15 bits per heavy atom. The molecule has 4 N–H and O–H groups in total. The van der Waals surface area contributed by atoms with E-state index in [0.717, 1.165) is 60.8 Å². The zero-order valence-corrected chi connectivity index (χ0v) is 29.0. The maximum atomic E-state index is 14.4. The van der Waals surface area contributed by atoms with Crippen molar-refractivity contribution in [2.45, 2.75) is 109 Å². The molecule has 1 saturated heterocycles. The second-order valence-corrected chi connectivity index (χ2v) is 16.5. The fraction of sp³-hybridized carbons (Fsp3) is 0.692. The van der Waals surface area contributed by atoms with Crippen molar-refractivity contribution in [2.75, 3.05) is 20.3 Å². The summed E-state index contributed by atoms with van der Waals surface area (Å²) in [4.78, 5) is 30.4. The van der Waals surface area contributed by atoms with E-state index in [0.29, 0.717) is 42.7 Å². The highest BCUT2D eigenvalue weighted by atomic mass is 16.6. The molecule has 1 aromatic carbocycles. The van der Waals surface area contributed by atoms with Crippen molar-refractivity contribution < 1.29 is 34.0 Å². The predicted octanol–water partition coefficient (Wildman–Crippen LogP) is 4.88. The van der Waals surface area contributed by atoms with E-state index in [2.05, 4.69) is 31.1 Å². The Kier molecular flexibility index (Phi) is 7.72. The van der Waals surface area contributed by atoms with Crippen LogP contribution >= 0.6 is 0 Å². The number of benzene rings is 1. The van der Waals surface area contributed by atoms with Crippen LogP contribution in [0.25, 0.3) is 10.9 Å². The lowest BCUT2D eigenvalue weighted by molar-refractivity contribution is -0.169. The van der Waals surface area contributed by atoms with E-state index in [1.807, 2.05) is 31.3 Å². The number of nitrogens with one attached hydrogen (secondary N) is 2. The summed E-state index contributed by atoms with van der Waals surface area (Å²) < 4.78 is 18.0. The summed E-state index contributed by atoms with van der Waals surface area (Å²) in [5, 5.41) is 26.3. The van der Waals surface area contributed by atoms with Crippen LogP contribution in [0, 0.1) is 40.4 Å². The van der Waals surface area contributed by atoms with Crippen LogP contribution in [0.15, 0.2) is 35.5 Å².